The van der Waals surface area contributed by atoms with Crippen LogP contribution in [0.25, 0.3) is 0 Å². The predicted octanol–water partition coefficient (Wildman–Crippen LogP) is 2.10. The summed E-state index contributed by atoms with van der Waals surface area (Å²) in [4.78, 5) is 3.63. The second-order valence-corrected chi connectivity index (χ2v) is 3.69. The number of aromatic nitrogens is 1. The number of pyridine rings is 1. The first-order valence-corrected chi connectivity index (χ1v) is 4.93. The van der Waals surface area contributed by atoms with E-state index in [-0.39, 0.29) is 18.4 Å². The van der Waals surface area contributed by atoms with E-state index in [4.69, 9.17) is 10.5 Å². The third kappa shape index (κ3) is 2.44. The van der Waals surface area contributed by atoms with Gasteiger partial charge in [0.25, 0.3) is 0 Å². The monoisotopic (exact) mass is 232 g/mol. The van der Waals surface area contributed by atoms with Crippen LogP contribution >= 0.6 is 0 Å². The minimum Gasteiger partial charge on any atom is -0.490 e. The highest BCUT2D eigenvalue weighted by Gasteiger charge is 2.36. The van der Waals surface area contributed by atoms with Gasteiger partial charge in [0.2, 0.25) is 0 Å². The third-order valence-corrected chi connectivity index (χ3v) is 2.26. The maximum atomic E-state index is 12.6. The molecule has 1 aromatic rings. The Morgan fingerprint density at radius 3 is 2.62 bits per heavy atom. The number of nitrogens with two attached hydrogens (primary N) is 1. The second-order valence-electron chi connectivity index (χ2n) is 3.69. The molecule has 6 heteroatoms. The number of nitrogens with zero attached hydrogens (tertiary/aromatic N) is 1. The molecule has 0 unspecified atom stereocenters. The van der Waals surface area contributed by atoms with Crippen LogP contribution in [0.15, 0.2) is 12.3 Å². The Balaban J connectivity index is 2.33. The van der Waals surface area contributed by atoms with Gasteiger partial charge in [-0.05, 0) is 12.8 Å². The molecule has 1 aromatic heterocycles. The first kappa shape index (κ1) is 11.2. The van der Waals surface area contributed by atoms with Gasteiger partial charge in [-0.2, -0.15) is 13.2 Å². The molecule has 2 rings (SSSR count). The standard InChI is InChI=1S/C10H11F3N2O/c11-10(12,13)8-5-15-6(4-14)3-9(8)16-7-1-2-7/h3,5,7H,1-2,4,14H2. The topological polar surface area (TPSA) is 48.1 Å². The molecule has 0 amide bonds. The van der Waals surface area contributed by atoms with Gasteiger partial charge in [0, 0.05) is 18.8 Å². The van der Waals surface area contributed by atoms with Crippen LogP contribution in [-0.4, -0.2) is 11.1 Å². The summed E-state index contributed by atoms with van der Waals surface area (Å²) in [6, 6.07) is 1.27. The normalized spacial score (nSPS) is 16.2. The molecule has 2 N–H and O–H groups in total. The van der Waals surface area contributed by atoms with Crippen LogP contribution in [0, 0.1) is 0 Å². The van der Waals surface area contributed by atoms with Crippen LogP contribution < -0.4 is 10.5 Å². The summed E-state index contributed by atoms with van der Waals surface area (Å²) in [5, 5.41) is 0. The predicted molar refractivity (Wildman–Crippen MR) is 50.8 cm³/mol. The number of halogens is 3. The molecule has 0 saturated heterocycles. The van der Waals surface area contributed by atoms with Crippen LogP contribution in [-0.2, 0) is 12.7 Å². The molecule has 1 heterocycles. The fraction of sp³-hybridized carbons (Fsp3) is 0.500. The summed E-state index contributed by atoms with van der Waals surface area (Å²) in [6.45, 7) is 0.0964. The lowest BCUT2D eigenvalue weighted by molar-refractivity contribution is -0.139. The lowest BCUT2D eigenvalue weighted by Gasteiger charge is -2.13. The zero-order valence-electron chi connectivity index (χ0n) is 8.42. The van der Waals surface area contributed by atoms with Crippen molar-refractivity contribution in [1.82, 2.24) is 4.98 Å². The van der Waals surface area contributed by atoms with Crippen LogP contribution in [0.1, 0.15) is 24.1 Å². The van der Waals surface area contributed by atoms with E-state index in [0.717, 1.165) is 19.0 Å². The highest BCUT2D eigenvalue weighted by molar-refractivity contribution is 5.35. The van der Waals surface area contributed by atoms with Crippen LogP contribution in [0.5, 0.6) is 5.75 Å². The molecule has 0 spiro atoms. The van der Waals surface area contributed by atoms with Crippen molar-refractivity contribution in [3.8, 4) is 5.75 Å². The van der Waals surface area contributed by atoms with Crippen molar-refractivity contribution in [2.24, 2.45) is 5.73 Å². The van der Waals surface area contributed by atoms with Gasteiger partial charge in [-0.3, -0.25) is 4.98 Å². The van der Waals surface area contributed by atoms with E-state index < -0.39 is 11.7 Å². The zero-order valence-corrected chi connectivity index (χ0v) is 8.42. The molecule has 1 saturated carbocycles. The summed E-state index contributed by atoms with van der Waals surface area (Å²) in [5.41, 5.74) is 4.88. The van der Waals surface area contributed by atoms with Crippen LogP contribution in [0.4, 0.5) is 13.2 Å². The van der Waals surface area contributed by atoms with E-state index in [0.29, 0.717) is 5.69 Å². The third-order valence-electron chi connectivity index (χ3n) is 2.26. The van der Waals surface area contributed by atoms with E-state index in [2.05, 4.69) is 4.98 Å². The molecule has 0 bridgehead atoms. The van der Waals surface area contributed by atoms with Crippen molar-refractivity contribution in [2.75, 3.05) is 0 Å². The van der Waals surface area contributed by atoms with Gasteiger partial charge >= 0.3 is 6.18 Å². The molecule has 1 fully saturated rings. The van der Waals surface area contributed by atoms with Gasteiger partial charge in [0.05, 0.1) is 11.8 Å². The lowest BCUT2D eigenvalue weighted by Crippen LogP contribution is -2.12. The maximum Gasteiger partial charge on any atom is 0.421 e. The van der Waals surface area contributed by atoms with Gasteiger partial charge < -0.3 is 10.5 Å². The highest BCUT2D eigenvalue weighted by atomic mass is 19.4. The zero-order chi connectivity index (χ0) is 11.8. The minimum absolute atomic E-state index is 0.0888. The van der Waals surface area contributed by atoms with Crippen molar-refractivity contribution in [1.29, 1.82) is 0 Å². The molecule has 3 nitrogen and oxygen atoms in total. The molecule has 1 aliphatic rings. The van der Waals surface area contributed by atoms with Crippen molar-refractivity contribution >= 4 is 0 Å². The van der Waals surface area contributed by atoms with Crippen LogP contribution in [0.2, 0.25) is 0 Å². The molecular formula is C10H11F3N2O. The molecule has 0 atom stereocenters. The molecular weight excluding hydrogens is 221 g/mol. The van der Waals surface area contributed by atoms with E-state index in [1.807, 2.05) is 0 Å². The van der Waals surface area contributed by atoms with E-state index >= 15 is 0 Å². The summed E-state index contributed by atoms with van der Waals surface area (Å²) in [7, 11) is 0. The Morgan fingerprint density at radius 2 is 2.12 bits per heavy atom. The fourth-order valence-electron chi connectivity index (χ4n) is 1.26. The Hall–Kier alpha value is -1.30. The van der Waals surface area contributed by atoms with Gasteiger partial charge in [-0.25, -0.2) is 0 Å². The molecule has 0 aromatic carbocycles. The Morgan fingerprint density at radius 1 is 1.44 bits per heavy atom. The summed E-state index contributed by atoms with van der Waals surface area (Å²) >= 11 is 0. The molecule has 1 aliphatic carbocycles. The van der Waals surface area contributed by atoms with Gasteiger partial charge in [0.1, 0.15) is 11.3 Å². The molecule has 0 aliphatic heterocycles. The first-order chi connectivity index (χ1) is 7.50. The highest BCUT2D eigenvalue weighted by Crippen LogP contribution is 2.38. The largest absolute Gasteiger partial charge is 0.490 e. The lowest BCUT2D eigenvalue weighted by atomic mass is 10.2. The molecule has 88 valence electrons. The molecule has 16 heavy (non-hydrogen) atoms. The van der Waals surface area contributed by atoms with Crippen molar-refractivity contribution < 1.29 is 17.9 Å². The van der Waals surface area contributed by atoms with Gasteiger partial charge in [-0.1, -0.05) is 0 Å². The number of alkyl halides is 3. The summed E-state index contributed by atoms with van der Waals surface area (Å²) < 4.78 is 43.0. The second kappa shape index (κ2) is 3.93. The average Bonchev–Trinajstić information content (AvgIpc) is 3.00. The quantitative estimate of drug-likeness (QED) is 0.868. The van der Waals surface area contributed by atoms with E-state index in [1.54, 1.807) is 0 Å². The van der Waals surface area contributed by atoms with Crippen molar-refractivity contribution in [2.45, 2.75) is 31.7 Å². The smallest absolute Gasteiger partial charge is 0.421 e. The SMILES string of the molecule is NCc1cc(OC2CC2)c(C(F)(F)F)cn1. The van der Waals surface area contributed by atoms with Crippen molar-refractivity contribution in [3.05, 3.63) is 23.5 Å². The minimum atomic E-state index is -4.44. The number of ether oxygens (including phenoxy) is 1. The van der Waals surface area contributed by atoms with E-state index in [9.17, 15) is 13.2 Å². The van der Waals surface area contributed by atoms with Gasteiger partial charge in [-0.15, -0.1) is 0 Å². The van der Waals surface area contributed by atoms with Crippen LogP contribution in [0.3, 0.4) is 0 Å². The van der Waals surface area contributed by atoms with E-state index in [1.165, 1.54) is 6.07 Å². The Kier molecular flexibility index (Phi) is 2.75. The fourth-order valence-corrected chi connectivity index (χ4v) is 1.26. The molecule has 0 radical (unpaired) electrons. The number of hydrogen-bond donors (Lipinski definition) is 1. The maximum absolute atomic E-state index is 12.6. The first-order valence-electron chi connectivity index (χ1n) is 4.93. The summed E-state index contributed by atoms with van der Waals surface area (Å²) in [5.74, 6) is -0.162. The summed E-state index contributed by atoms with van der Waals surface area (Å²) in [6.07, 6.45) is -2.14. The Bertz CT molecular complexity index is 388. The van der Waals surface area contributed by atoms with Crippen molar-refractivity contribution in [3.63, 3.8) is 0 Å². The number of hydrogen-bond acceptors (Lipinski definition) is 3. The Labute approximate surface area is 90.4 Å². The number of rotatable bonds is 3. The van der Waals surface area contributed by atoms with Gasteiger partial charge in [0.15, 0.2) is 0 Å². The average molecular weight is 232 g/mol.